The van der Waals surface area contributed by atoms with Crippen LogP contribution in [0.25, 0.3) is 12.2 Å². The SMILES string of the molecule is COc1ccccc1C=C1N=C(c2ccccc2)N(c2ccc3c(c2)Sc2cc(N4C(=O)C(=Cc5ccccc5OC)N=C4c4ccccc4)ccc2N3)C1=O. The minimum Gasteiger partial charge on any atom is -0.496 e. The smallest absolute Gasteiger partial charge is 0.282 e. The maximum absolute atomic E-state index is 14.2. The lowest BCUT2D eigenvalue weighted by Crippen LogP contribution is -2.32. The molecule has 9 rings (SSSR count). The van der Waals surface area contributed by atoms with E-state index in [4.69, 9.17) is 19.5 Å². The van der Waals surface area contributed by atoms with Gasteiger partial charge in [-0.2, -0.15) is 0 Å². The number of amides is 2. The zero-order valence-electron chi connectivity index (χ0n) is 30.3. The van der Waals surface area contributed by atoms with Crippen molar-refractivity contribution in [2.24, 2.45) is 9.98 Å². The molecule has 56 heavy (non-hydrogen) atoms. The molecule has 0 radical (unpaired) electrons. The highest BCUT2D eigenvalue weighted by Gasteiger charge is 2.35. The highest BCUT2D eigenvalue weighted by atomic mass is 32.2. The molecule has 0 saturated heterocycles. The predicted molar refractivity (Wildman–Crippen MR) is 223 cm³/mol. The fraction of sp³-hybridized carbons (Fsp3) is 0.0435. The number of anilines is 4. The Bertz CT molecular complexity index is 2490. The average Bonchev–Trinajstić information content (AvgIpc) is 3.75. The molecule has 9 nitrogen and oxygen atoms in total. The van der Waals surface area contributed by atoms with Crippen LogP contribution in [0.4, 0.5) is 22.7 Å². The Labute approximate surface area is 328 Å². The largest absolute Gasteiger partial charge is 0.496 e. The Morgan fingerprint density at radius 1 is 0.536 bits per heavy atom. The molecule has 272 valence electrons. The van der Waals surface area contributed by atoms with Crippen molar-refractivity contribution in [1.29, 1.82) is 0 Å². The molecule has 3 aliphatic heterocycles. The second-order valence-electron chi connectivity index (χ2n) is 13.0. The number of benzene rings is 6. The van der Waals surface area contributed by atoms with Gasteiger partial charge in [-0.3, -0.25) is 19.4 Å². The molecule has 6 aromatic carbocycles. The number of rotatable bonds is 8. The number of ether oxygens (including phenoxy) is 2. The van der Waals surface area contributed by atoms with Gasteiger partial charge in [0.1, 0.15) is 34.6 Å². The number of carbonyl (C=O) groups excluding carboxylic acids is 2. The molecular weight excluding hydrogens is 719 g/mol. The first kappa shape index (κ1) is 34.6. The van der Waals surface area contributed by atoms with Gasteiger partial charge in [-0.15, -0.1) is 0 Å². The Kier molecular flexibility index (Phi) is 9.00. The van der Waals surface area contributed by atoms with Crippen molar-refractivity contribution in [2.75, 3.05) is 29.3 Å². The van der Waals surface area contributed by atoms with E-state index in [0.29, 0.717) is 45.9 Å². The summed E-state index contributed by atoms with van der Waals surface area (Å²) >= 11 is 1.56. The summed E-state index contributed by atoms with van der Waals surface area (Å²) in [6.45, 7) is 0. The van der Waals surface area contributed by atoms with Gasteiger partial charge in [-0.25, -0.2) is 9.98 Å². The molecule has 1 N–H and O–H groups in total. The van der Waals surface area contributed by atoms with Crippen LogP contribution in [0.2, 0.25) is 0 Å². The second kappa shape index (κ2) is 14.6. The molecule has 0 spiro atoms. The van der Waals surface area contributed by atoms with E-state index in [-0.39, 0.29) is 11.8 Å². The van der Waals surface area contributed by atoms with Crippen molar-refractivity contribution in [2.45, 2.75) is 9.79 Å². The van der Waals surface area contributed by atoms with Gasteiger partial charge in [0.2, 0.25) is 0 Å². The summed E-state index contributed by atoms with van der Waals surface area (Å²) in [5, 5.41) is 3.55. The van der Waals surface area contributed by atoms with E-state index >= 15 is 0 Å². The van der Waals surface area contributed by atoms with E-state index in [9.17, 15) is 9.59 Å². The standard InChI is InChI=1S/C46H33N5O4S/c1-54-39-19-11-9-17-31(39)25-37-45(52)50(43(48-37)29-13-5-3-6-14-29)33-21-23-35-41(27-33)56-42-28-34(22-24-36(42)47-35)51-44(30-15-7-4-8-16-30)49-38(46(51)53)26-32-18-10-12-20-40(32)55-2/h3-28,47H,1-2H3. The Balaban J connectivity index is 1.06. The summed E-state index contributed by atoms with van der Waals surface area (Å²) in [6.07, 6.45) is 3.53. The van der Waals surface area contributed by atoms with E-state index in [1.165, 1.54) is 0 Å². The lowest BCUT2D eigenvalue weighted by Gasteiger charge is -2.26. The van der Waals surface area contributed by atoms with Crippen LogP contribution in [-0.4, -0.2) is 37.7 Å². The lowest BCUT2D eigenvalue weighted by molar-refractivity contribution is -0.114. The number of hydrogen-bond acceptors (Lipinski definition) is 8. The first-order valence-electron chi connectivity index (χ1n) is 17.9. The average molecular weight is 752 g/mol. The number of amidine groups is 2. The third kappa shape index (κ3) is 6.31. The number of para-hydroxylation sites is 2. The van der Waals surface area contributed by atoms with Crippen LogP contribution >= 0.6 is 11.8 Å². The second-order valence-corrected chi connectivity index (χ2v) is 14.1. The van der Waals surface area contributed by atoms with Crippen molar-refractivity contribution in [3.8, 4) is 11.5 Å². The minimum atomic E-state index is -0.247. The van der Waals surface area contributed by atoms with Crippen LogP contribution in [0.1, 0.15) is 22.3 Å². The van der Waals surface area contributed by atoms with Gasteiger partial charge in [0, 0.05) is 32.0 Å². The number of nitrogens with zero attached hydrogens (tertiary/aromatic N) is 4. The number of fused-ring (bicyclic) bond motifs is 2. The fourth-order valence-electron chi connectivity index (χ4n) is 6.88. The van der Waals surface area contributed by atoms with Crippen molar-refractivity contribution in [3.05, 3.63) is 179 Å². The predicted octanol–water partition coefficient (Wildman–Crippen LogP) is 9.58. The molecule has 0 aliphatic carbocycles. The van der Waals surface area contributed by atoms with E-state index < -0.39 is 0 Å². The van der Waals surface area contributed by atoms with Crippen molar-refractivity contribution in [3.63, 3.8) is 0 Å². The molecule has 10 heteroatoms. The van der Waals surface area contributed by atoms with Crippen LogP contribution in [0.15, 0.2) is 177 Å². The summed E-state index contributed by atoms with van der Waals surface area (Å²) in [5.74, 6) is 1.87. The van der Waals surface area contributed by atoms with Crippen LogP contribution in [0.5, 0.6) is 11.5 Å². The summed E-state index contributed by atoms with van der Waals surface area (Å²) in [4.78, 5) is 43.3. The van der Waals surface area contributed by atoms with E-state index in [1.807, 2.05) is 146 Å². The summed E-state index contributed by atoms with van der Waals surface area (Å²) in [5.41, 5.74) is 6.90. The van der Waals surface area contributed by atoms with Gasteiger partial charge in [0.05, 0.1) is 37.0 Å². The monoisotopic (exact) mass is 751 g/mol. The van der Waals surface area contributed by atoms with Gasteiger partial charge in [0.25, 0.3) is 11.8 Å². The van der Waals surface area contributed by atoms with Crippen LogP contribution in [-0.2, 0) is 9.59 Å². The third-order valence-corrected chi connectivity index (χ3v) is 10.7. The number of carbonyl (C=O) groups is 2. The molecule has 3 heterocycles. The van der Waals surface area contributed by atoms with Crippen molar-refractivity contribution < 1.29 is 19.1 Å². The Morgan fingerprint density at radius 2 is 0.946 bits per heavy atom. The quantitative estimate of drug-likeness (QED) is 0.156. The molecule has 0 bridgehead atoms. The summed E-state index contributed by atoms with van der Waals surface area (Å²) < 4.78 is 11.1. The van der Waals surface area contributed by atoms with Crippen LogP contribution in [0.3, 0.4) is 0 Å². The molecule has 0 fully saturated rings. The summed E-state index contributed by atoms with van der Waals surface area (Å²) in [7, 11) is 3.21. The zero-order valence-corrected chi connectivity index (χ0v) is 31.2. The van der Waals surface area contributed by atoms with Crippen LogP contribution in [0, 0.1) is 0 Å². The minimum absolute atomic E-state index is 0.247. The molecule has 2 amide bonds. The third-order valence-electron chi connectivity index (χ3n) is 9.58. The number of aliphatic imine (C=N–C) groups is 2. The first-order chi connectivity index (χ1) is 27.5. The zero-order chi connectivity index (χ0) is 38.2. The maximum atomic E-state index is 14.2. The molecule has 6 aromatic rings. The van der Waals surface area contributed by atoms with Crippen molar-refractivity contribution in [1.82, 2.24) is 0 Å². The Morgan fingerprint density at radius 3 is 1.38 bits per heavy atom. The highest BCUT2D eigenvalue weighted by Crippen LogP contribution is 2.47. The molecule has 0 unspecified atom stereocenters. The van der Waals surface area contributed by atoms with E-state index in [1.54, 1.807) is 47.9 Å². The highest BCUT2D eigenvalue weighted by molar-refractivity contribution is 7.99. The molecule has 3 aliphatic rings. The number of methoxy groups -OCH3 is 2. The molecule has 0 atom stereocenters. The molecule has 0 aromatic heterocycles. The van der Waals surface area contributed by atoms with Crippen molar-refractivity contribution >= 4 is 70.1 Å². The van der Waals surface area contributed by atoms with Gasteiger partial charge in [-0.05, 0) is 60.7 Å². The van der Waals surface area contributed by atoms with Gasteiger partial charge in [-0.1, -0.05) is 109 Å². The lowest BCUT2D eigenvalue weighted by atomic mass is 10.1. The van der Waals surface area contributed by atoms with Gasteiger partial charge >= 0.3 is 0 Å². The Hall–Kier alpha value is -7.17. The number of hydrogen-bond donors (Lipinski definition) is 1. The normalized spacial score (nSPS) is 16.0. The maximum Gasteiger partial charge on any atom is 0.282 e. The molecular formula is C46H33N5O4S. The molecule has 0 saturated carbocycles. The fourth-order valence-corrected chi connectivity index (χ4v) is 7.93. The van der Waals surface area contributed by atoms with Gasteiger partial charge in [0.15, 0.2) is 0 Å². The summed E-state index contributed by atoms with van der Waals surface area (Å²) in [6, 6.07) is 46.3. The topological polar surface area (TPSA) is 95.8 Å². The van der Waals surface area contributed by atoms with E-state index in [2.05, 4.69) is 5.32 Å². The van der Waals surface area contributed by atoms with Gasteiger partial charge < -0.3 is 14.8 Å². The van der Waals surface area contributed by atoms with E-state index in [0.717, 1.165) is 43.4 Å². The first-order valence-corrected chi connectivity index (χ1v) is 18.7. The van der Waals surface area contributed by atoms with Crippen LogP contribution < -0.4 is 24.6 Å². The number of nitrogens with one attached hydrogen (secondary N) is 1.